The van der Waals surface area contributed by atoms with E-state index >= 15 is 0 Å². The molecule has 0 atom stereocenters. The molecule has 0 aliphatic rings. The van der Waals surface area contributed by atoms with Crippen LogP contribution in [0.4, 0.5) is 14.5 Å². The zero-order valence-electron chi connectivity index (χ0n) is 12.1. The number of aliphatic hydroxyl groups excluding tert-OH is 1. The van der Waals surface area contributed by atoms with Crippen molar-refractivity contribution in [1.29, 1.82) is 0 Å². The summed E-state index contributed by atoms with van der Waals surface area (Å²) in [5.74, 6) is 0.600. The maximum absolute atomic E-state index is 12.4. The van der Waals surface area contributed by atoms with E-state index in [-0.39, 0.29) is 12.4 Å². The molecule has 0 saturated heterocycles. The van der Waals surface area contributed by atoms with Crippen LogP contribution in [0.5, 0.6) is 11.5 Å². The van der Waals surface area contributed by atoms with Crippen LogP contribution in [0, 0.1) is 0 Å². The number of anilines is 1. The van der Waals surface area contributed by atoms with Gasteiger partial charge >= 0.3 is 6.61 Å². The average molecular weight is 309 g/mol. The number of methoxy groups -OCH3 is 1. The molecule has 6 heteroatoms. The van der Waals surface area contributed by atoms with E-state index in [1.165, 1.54) is 13.2 Å². The lowest BCUT2D eigenvalue weighted by molar-refractivity contribution is -0.0494. The van der Waals surface area contributed by atoms with Gasteiger partial charge in [0.2, 0.25) is 0 Å². The van der Waals surface area contributed by atoms with Crippen molar-refractivity contribution in [3.05, 3.63) is 53.6 Å². The molecule has 4 nitrogen and oxygen atoms in total. The molecule has 0 spiro atoms. The molecule has 0 saturated carbocycles. The third-order valence-corrected chi connectivity index (χ3v) is 3.09. The van der Waals surface area contributed by atoms with Gasteiger partial charge in [-0.25, -0.2) is 0 Å². The molecule has 0 aliphatic carbocycles. The van der Waals surface area contributed by atoms with Gasteiger partial charge in [0, 0.05) is 12.6 Å². The topological polar surface area (TPSA) is 50.7 Å². The van der Waals surface area contributed by atoms with Crippen LogP contribution in [0.2, 0.25) is 0 Å². The smallest absolute Gasteiger partial charge is 0.387 e. The molecule has 2 N–H and O–H groups in total. The van der Waals surface area contributed by atoms with Crippen LogP contribution in [-0.4, -0.2) is 18.8 Å². The Kier molecular flexibility index (Phi) is 5.55. The third kappa shape index (κ3) is 4.33. The van der Waals surface area contributed by atoms with Crippen LogP contribution in [0.15, 0.2) is 42.5 Å². The molecule has 2 aromatic carbocycles. The normalized spacial score (nSPS) is 10.6. The predicted molar refractivity (Wildman–Crippen MR) is 79.3 cm³/mol. The van der Waals surface area contributed by atoms with Crippen molar-refractivity contribution in [2.45, 2.75) is 19.8 Å². The number of halogens is 2. The van der Waals surface area contributed by atoms with Gasteiger partial charge in [0.05, 0.1) is 19.4 Å². The highest BCUT2D eigenvalue weighted by Crippen LogP contribution is 2.30. The van der Waals surface area contributed by atoms with Crippen molar-refractivity contribution >= 4 is 5.69 Å². The highest BCUT2D eigenvalue weighted by molar-refractivity contribution is 5.60. The molecular formula is C16H17F2NO3. The highest BCUT2D eigenvalue weighted by Gasteiger charge is 2.11. The van der Waals surface area contributed by atoms with Crippen LogP contribution < -0.4 is 14.8 Å². The number of aliphatic hydroxyl groups is 1. The van der Waals surface area contributed by atoms with Gasteiger partial charge in [0.25, 0.3) is 0 Å². The van der Waals surface area contributed by atoms with Crippen LogP contribution in [0.1, 0.15) is 11.1 Å². The highest BCUT2D eigenvalue weighted by atomic mass is 19.3. The first-order valence-corrected chi connectivity index (χ1v) is 6.67. The fourth-order valence-electron chi connectivity index (χ4n) is 1.93. The monoisotopic (exact) mass is 309 g/mol. The van der Waals surface area contributed by atoms with E-state index < -0.39 is 6.61 Å². The molecule has 0 aliphatic heterocycles. The van der Waals surface area contributed by atoms with Crippen molar-refractivity contribution in [2.24, 2.45) is 0 Å². The molecule has 0 unspecified atom stereocenters. The van der Waals surface area contributed by atoms with Crippen LogP contribution >= 0.6 is 0 Å². The maximum atomic E-state index is 12.4. The summed E-state index contributed by atoms with van der Waals surface area (Å²) in [6.07, 6.45) is 0. The Hall–Kier alpha value is -2.34. The first-order chi connectivity index (χ1) is 10.6. The number of rotatable bonds is 7. The quantitative estimate of drug-likeness (QED) is 0.823. The van der Waals surface area contributed by atoms with Gasteiger partial charge in [-0.15, -0.1) is 0 Å². The number of alkyl halides is 2. The minimum atomic E-state index is -2.89. The van der Waals surface area contributed by atoms with E-state index in [4.69, 9.17) is 9.84 Å². The Bertz CT molecular complexity index is 603. The molecule has 0 amide bonds. The minimum Gasteiger partial charge on any atom is -0.497 e. The van der Waals surface area contributed by atoms with Crippen LogP contribution in [0.3, 0.4) is 0 Å². The lowest BCUT2D eigenvalue weighted by Crippen LogP contribution is -2.07. The first-order valence-electron chi connectivity index (χ1n) is 6.67. The first kappa shape index (κ1) is 16.0. The van der Waals surface area contributed by atoms with Gasteiger partial charge < -0.3 is 19.9 Å². The van der Waals surface area contributed by atoms with Gasteiger partial charge in [0.1, 0.15) is 11.5 Å². The molecule has 0 bridgehead atoms. The number of nitrogens with one attached hydrogen (secondary N) is 1. The maximum Gasteiger partial charge on any atom is 0.387 e. The molecule has 0 aromatic heterocycles. The summed E-state index contributed by atoms with van der Waals surface area (Å²) in [6, 6.07) is 11.9. The Morgan fingerprint density at radius 3 is 2.36 bits per heavy atom. The largest absolute Gasteiger partial charge is 0.497 e. The second-order valence-corrected chi connectivity index (χ2v) is 4.57. The lowest BCUT2D eigenvalue weighted by Gasteiger charge is -2.14. The SMILES string of the molecule is COc1ccc(OC(F)F)c(NCc2ccc(CO)cc2)c1. The number of benzene rings is 2. The fourth-order valence-corrected chi connectivity index (χ4v) is 1.93. The van der Waals surface area contributed by atoms with Crippen molar-refractivity contribution in [3.63, 3.8) is 0 Å². The zero-order chi connectivity index (χ0) is 15.9. The molecule has 2 rings (SSSR count). The standard InChI is InChI=1S/C16H17F2NO3/c1-21-13-6-7-15(22-16(17)18)14(8-13)19-9-11-2-4-12(10-20)5-3-11/h2-8,16,19-20H,9-10H2,1H3. The summed E-state index contributed by atoms with van der Waals surface area (Å²) in [5.41, 5.74) is 2.18. The summed E-state index contributed by atoms with van der Waals surface area (Å²) in [5, 5.41) is 12.0. The second kappa shape index (κ2) is 7.61. The van der Waals surface area contributed by atoms with Gasteiger partial charge in [-0.3, -0.25) is 0 Å². The average Bonchev–Trinajstić information content (AvgIpc) is 2.54. The van der Waals surface area contributed by atoms with Gasteiger partial charge in [-0.05, 0) is 23.3 Å². The zero-order valence-corrected chi connectivity index (χ0v) is 12.1. The molecule has 0 radical (unpaired) electrons. The minimum absolute atomic E-state index is 0.0179. The van der Waals surface area contributed by atoms with E-state index in [2.05, 4.69) is 10.1 Å². The van der Waals surface area contributed by atoms with E-state index in [9.17, 15) is 8.78 Å². The summed E-state index contributed by atoms with van der Waals surface area (Å²) < 4.78 is 34.4. The van der Waals surface area contributed by atoms with Crippen molar-refractivity contribution in [3.8, 4) is 11.5 Å². The lowest BCUT2D eigenvalue weighted by atomic mass is 10.1. The van der Waals surface area contributed by atoms with Crippen molar-refractivity contribution in [1.82, 2.24) is 0 Å². The number of ether oxygens (including phenoxy) is 2. The number of hydrogen-bond acceptors (Lipinski definition) is 4. The summed E-state index contributed by atoms with van der Waals surface area (Å²) in [4.78, 5) is 0. The molecular weight excluding hydrogens is 292 g/mol. The van der Waals surface area contributed by atoms with E-state index in [0.717, 1.165) is 11.1 Å². The molecule has 2 aromatic rings. The van der Waals surface area contributed by atoms with E-state index in [1.807, 2.05) is 12.1 Å². The Labute approximate surface area is 127 Å². The summed E-state index contributed by atoms with van der Waals surface area (Å²) in [6.45, 7) is -2.48. The van der Waals surface area contributed by atoms with E-state index in [1.54, 1.807) is 24.3 Å². The molecule has 118 valence electrons. The Morgan fingerprint density at radius 1 is 1.09 bits per heavy atom. The molecule has 0 heterocycles. The van der Waals surface area contributed by atoms with Crippen LogP contribution in [0.25, 0.3) is 0 Å². The second-order valence-electron chi connectivity index (χ2n) is 4.57. The summed E-state index contributed by atoms with van der Waals surface area (Å²) >= 11 is 0. The predicted octanol–water partition coefficient (Wildman–Crippen LogP) is 3.40. The van der Waals surface area contributed by atoms with Gasteiger partial charge in [-0.1, -0.05) is 24.3 Å². The van der Waals surface area contributed by atoms with Crippen molar-refractivity contribution < 1.29 is 23.4 Å². The van der Waals surface area contributed by atoms with Gasteiger partial charge in [0.15, 0.2) is 0 Å². The van der Waals surface area contributed by atoms with Crippen LogP contribution in [-0.2, 0) is 13.2 Å². The van der Waals surface area contributed by atoms with Gasteiger partial charge in [-0.2, -0.15) is 8.78 Å². The van der Waals surface area contributed by atoms with E-state index in [0.29, 0.717) is 18.0 Å². The summed E-state index contributed by atoms with van der Waals surface area (Å²) in [7, 11) is 1.50. The molecule has 0 fully saturated rings. The number of hydrogen-bond donors (Lipinski definition) is 2. The Balaban J connectivity index is 2.11. The van der Waals surface area contributed by atoms with Crippen molar-refractivity contribution in [2.75, 3.05) is 12.4 Å². The third-order valence-electron chi connectivity index (χ3n) is 3.09. The fraction of sp³-hybridized carbons (Fsp3) is 0.250. The Morgan fingerprint density at radius 2 is 1.77 bits per heavy atom. The molecule has 22 heavy (non-hydrogen) atoms.